The maximum atomic E-state index is 5.46. The minimum atomic E-state index is 0.668. The Kier molecular flexibility index (Phi) is 7.82. The summed E-state index contributed by atoms with van der Waals surface area (Å²) in [5, 5.41) is 3.67. The summed E-state index contributed by atoms with van der Waals surface area (Å²) in [5.41, 5.74) is 0. The van der Waals surface area contributed by atoms with E-state index in [-0.39, 0.29) is 0 Å². The van der Waals surface area contributed by atoms with Gasteiger partial charge in [-0.3, -0.25) is 0 Å². The summed E-state index contributed by atoms with van der Waals surface area (Å²) in [6.45, 7) is 8.78. The molecule has 1 atom stereocenters. The van der Waals surface area contributed by atoms with Crippen LogP contribution in [0.5, 0.6) is 0 Å². The van der Waals surface area contributed by atoms with Gasteiger partial charge in [0.25, 0.3) is 0 Å². The molecule has 1 aliphatic rings. The second kappa shape index (κ2) is 8.90. The smallest absolute Gasteiger partial charge is 0.0480 e. The highest BCUT2D eigenvalue weighted by Gasteiger charge is 2.11. The van der Waals surface area contributed by atoms with Gasteiger partial charge in [-0.25, -0.2) is 0 Å². The number of hydrogen-bond acceptors (Lipinski definition) is 3. The third kappa shape index (κ3) is 7.02. The van der Waals surface area contributed by atoms with Crippen molar-refractivity contribution in [1.29, 1.82) is 0 Å². The van der Waals surface area contributed by atoms with Crippen molar-refractivity contribution in [3.8, 4) is 0 Å². The number of rotatable bonds is 7. The standard InChI is InChI=1S/C14H30N2O/c1-13(2)16(3)10-5-4-9-15-14-7-6-11-17-12-8-14/h13-15H,4-12H2,1-3H3. The predicted molar refractivity (Wildman–Crippen MR) is 73.5 cm³/mol. The van der Waals surface area contributed by atoms with Gasteiger partial charge in [0.1, 0.15) is 0 Å². The Labute approximate surface area is 107 Å². The van der Waals surface area contributed by atoms with Crippen molar-refractivity contribution in [1.82, 2.24) is 10.2 Å². The molecule has 102 valence electrons. The fourth-order valence-electron chi connectivity index (χ4n) is 2.16. The van der Waals surface area contributed by atoms with E-state index in [2.05, 4.69) is 31.1 Å². The summed E-state index contributed by atoms with van der Waals surface area (Å²) < 4.78 is 5.46. The van der Waals surface area contributed by atoms with Crippen LogP contribution in [-0.2, 0) is 4.74 Å². The first kappa shape index (κ1) is 14.9. The third-order valence-corrected chi connectivity index (χ3v) is 3.70. The highest BCUT2D eigenvalue weighted by molar-refractivity contribution is 4.69. The first-order valence-corrected chi connectivity index (χ1v) is 7.21. The molecule has 1 saturated heterocycles. The molecule has 17 heavy (non-hydrogen) atoms. The third-order valence-electron chi connectivity index (χ3n) is 3.70. The van der Waals surface area contributed by atoms with E-state index in [0.29, 0.717) is 12.1 Å². The van der Waals surface area contributed by atoms with Crippen LogP contribution in [0.1, 0.15) is 46.0 Å². The maximum Gasteiger partial charge on any atom is 0.0480 e. The zero-order chi connectivity index (χ0) is 12.5. The van der Waals surface area contributed by atoms with Crippen molar-refractivity contribution >= 4 is 0 Å². The Morgan fingerprint density at radius 2 is 2.06 bits per heavy atom. The van der Waals surface area contributed by atoms with E-state index in [4.69, 9.17) is 4.74 Å². The summed E-state index contributed by atoms with van der Waals surface area (Å²) in [5.74, 6) is 0. The van der Waals surface area contributed by atoms with E-state index in [1.165, 1.54) is 38.6 Å². The lowest BCUT2D eigenvalue weighted by molar-refractivity contribution is 0.142. The van der Waals surface area contributed by atoms with Crippen LogP contribution in [0.15, 0.2) is 0 Å². The van der Waals surface area contributed by atoms with Gasteiger partial charge in [0.2, 0.25) is 0 Å². The van der Waals surface area contributed by atoms with Crippen molar-refractivity contribution in [2.75, 3.05) is 33.4 Å². The lowest BCUT2D eigenvalue weighted by Crippen LogP contribution is -2.31. The molecule has 0 spiro atoms. The van der Waals surface area contributed by atoms with Crippen molar-refractivity contribution in [3.05, 3.63) is 0 Å². The zero-order valence-electron chi connectivity index (χ0n) is 11.9. The molecule has 0 aliphatic carbocycles. The van der Waals surface area contributed by atoms with E-state index in [9.17, 15) is 0 Å². The fraction of sp³-hybridized carbons (Fsp3) is 1.00. The molecule has 0 aromatic heterocycles. The normalized spacial score (nSPS) is 22.1. The molecule has 0 aromatic rings. The molecule has 1 fully saturated rings. The fourth-order valence-corrected chi connectivity index (χ4v) is 2.16. The molecule has 0 radical (unpaired) electrons. The molecule has 0 bridgehead atoms. The highest BCUT2D eigenvalue weighted by atomic mass is 16.5. The second-order valence-corrected chi connectivity index (χ2v) is 5.48. The van der Waals surface area contributed by atoms with Crippen LogP contribution >= 0.6 is 0 Å². The van der Waals surface area contributed by atoms with Crippen molar-refractivity contribution in [2.45, 2.75) is 58.0 Å². The molecule has 1 N–H and O–H groups in total. The van der Waals surface area contributed by atoms with E-state index < -0.39 is 0 Å². The van der Waals surface area contributed by atoms with Crippen LogP contribution in [0.2, 0.25) is 0 Å². The molecular weight excluding hydrogens is 212 g/mol. The van der Waals surface area contributed by atoms with Crippen LogP contribution < -0.4 is 5.32 Å². The van der Waals surface area contributed by atoms with Gasteiger partial charge in [0, 0.05) is 25.3 Å². The predicted octanol–water partition coefficient (Wildman–Crippen LogP) is 2.27. The lowest BCUT2D eigenvalue weighted by Gasteiger charge is -2.21. The Bertz CT molecular complexity index is 177. The van der Waals surface area contributed by atoms with Gasteiger partial charge in [-0.1, -0.05) is 0 Å². The van der Waals surface area contributed by atoms with Crippen molar-refractivity contribution in [2.24, 2.45) is 0 Å². The zero-order valence-corrected chi connectivity index (χ0v) is 11.9. The molecule has 1 heterocycles. The molecule has 1 unspecified atom stereocenters. The summed E-state index contributed by atoms with van der Waals surface area (Å²) in [4.78, 5) is 2.42. The van der Waals surface area contributed by atoms with Crippen molar-refractivity contribution in [3.63, 3.8) is 0 Å². The lowest BCUT2D eigenvalue weighted by atomic mass is 10.1. The molecule has 3 heteroatoms. The van der Waals surface area contributed by atoms with Crippen LogP contribution in [0.4, 0.5) is 0 Å². The van der Waals surface area contributed by atoms with Crippen molar-refractivity contribution < 1.29 is 4.74 Å². The number of nitrogens with one attached hydrogen (secondary N) is 1. The van der Waals surface area contributed by atoms with Gasteiger partial charge in [0.05, 0.1) is 0 Å². The Morgan fingerprint density at radius 1 is 1.24 bits per heavy atom. The van der Waals surface area contributed by atoms with E-state index >= 15 is 0 Å². The van der Waals surface area contributed by atoms with Gasteiger partial charge >= 0.3 is 0 Å². The van der Waals surface area contributed by atoms with Crippen LogP contribution in [0, 0.1) is 0 Å². The number of hydrogen-bond donors (Lipinski definition) is 1. The Morgan fingerprint density at radius 3 is 2.82 bits per heavy atom. The van der Waals surface area contributed by atoms with Crippen LogP contribution in [-0.4, -0.2) is 50.3 Å². The second-order valence-electron chi connectivity index (χ2n) is 5.48. The monoisotopic (exact) mass is 242 g/mol. The highest BCUT2D eigenvalue weighted by Crippen LogP contribution is 2.08. The molecule has 0 saturated carbocycles. The Hall–Kier alpha value is -0.120. The molecule has 0 amide bonds. The molecular formula is C14H30N2O. The number of ether oxygens (including phenoxy) is 1. The van der Waals surface area contributed by atoms with E-state index in [1.807, 2.05) is 0 Å². The van der Waals surface area contributed by atoms with Crippen LogP contribution in [0.3, 0.4) is 0 Å². The quantitative estimate of drug-likeness (QED) is 0.693. The maximum absolute atomic E-state index is 5.46. The first-order valence-electron chi connectivity index (χ1n) is 7.21. The van der Waals surface area contributed by atoms with Crippen LogP contribution in [0.25, 0.3) is 0 Å². The molecule has 1 rings (SSSR count). The van der Waals surface area contributed by atoms with Gasteiger partial charge < -0.3 is 15.0 Å². The van der Waals surface area contributed by atoms with Gasteiger partial charge in [-0.15, -0.1) is 0 Å². The van der Waals surface area contributed by atoms with Gasteiger partial charge in [0.15, 0.2) is 0 Å². The van der Waals surface area contributed by atoms with Gasteiger partial charge in [-0.05, 0) is 66.1 Å². The van der Waals surface area contributed by atoms with E-state index in [1.54, 1.807) is 0 Å². The average molecular weight is 242 g/mol. The summed E-state index contributed by atoms with van der Waals surface area (Å²) in [7, 11) is 2.21. The Balaban J connectivity index is 1.96. The largest absolute Gasteiger partial charge is 0.381 e. The minimum absolute atomic E-state index is 0.668. The minimum Gasteiger partial charge on any atom is -0.381 e. The van der Waals surface area contributed by atoms with E-state index in [0.717, 1.165) is 19.8 Å². The summed E-state index contributed by atoms with van der Waals surface area (Å²) in [6.07, 6.45) is 6.27. The number of nitrogens with zero attached hydrogens (tertiary/aromatic N) is 1. The number of unbranched alkanes of at least 4 members (excludes halogenated alkanes) is 1. The molecule has 1 aliphatic heterocycles. The SMILES string of the molecule is CC(C)N(C)CCCCNC1CCCOCC1. The molecule has 3 nitrogen and oxygen atoms in total. The summed E-state index contributed by atoms with van der Waals surface area (Å²) in [6, 6.07) is 1.36. The molecule has 0 aromatic carbocycles. The average Bonchev–Trinajstić information content (AvgIpc) is 2.56. The first-order chi connectivity index (χ1) is 8.20. The summed E-state index contributed by atoms with van der Waals surface area (Å²) >= 11 is 0. The van der Waals surface area contributed by atoms with Gasteiger partial charge in [-0.2, -0.15) is 0 Å². The topological polar surface area (TPSA) is 24.5 Å².